The first-order chi connectivity index (χ1) is 4.91. The molecule has 0 unspecified atom stereocenters. The minimum Gasteiger partial charge on any atom is -0.813 e. The van der Waals surface area contributed by atoms with Crippen LogP contribution in [0.2, 0.25) is 0 Å². The van der Waals surface area contributed by atoms with Crippen molar-refractivity contribution >= 4 is 13.5 Å². The van der Waals surface area contributed by atoms with E-state index >= 15 is 0 Å². The smallest absolute Gasteiger partial charge is 0.813 e. The maximum atomic E-state index is 7.00. The molecule has 0 rings (SSSR count). The van der Waals surface area contributed by atoms with Crippen LogP contribution in [0.3, 0.4) is 0 Å². The van der Waals surface area contributed by atoms with Gasteiger partial charge in [0.2, 0.25) is 0 Å². The Morgan fingerprint density at radius 2 is 1.42 bits per heavy atom. The van der Waals surface area contributed by atoms with Crippen molar-refractivity contribution in [2.75, 3.05) is 7.11 Å². The molecule has 0 saturated heterocycles. The molecule has 0 heterocycles. The second-order valence-corrected chi connectivity index (χ2v) is 2.27. The Balaban J connectivity index is -0.0000000740. The van der Waals surface area contributed by atoms with Crippen LogP contribution in [-0.4, -0.2) is 12.2 Å². The number of aliphatic hydroxyl groups is 1. The first-order valence-electron chi connectivity index (χ1n) is 4.15. The molecular weight excluding hydrogens is 204 g/mol. The molecule has 0 spiro atoms. The monoisotopic (exact) mass is 226 g/mol. The number of unbranched alkanes of at least 4 members (excludes halogenated alkanes) is 5. The first kappa shape index (κ1) is 23.1. The second kappa shape index (κ2) is 29.6. The van der Waals surface area contributed by atoms with Crippen molar-refractivity contribution in [1.29, 1.82) is 0 Å². The minimum atomic E-state index is 0. The number of rotatable bonds is 5. The van der Waals surface area contributed by atoms with E-state index in [2.05, 4.69) is 13.8 Å². The third-order valence-electron chi connectivity index (χ3n) is 1.35. The fourth-order valence-electron chi connectivity index (χ4n) is 0.780. The van der Waals surface area contributed by atoms with Gasteiger partial charge in [-0.15, -0.1) is 0 Å². The van der Waals surface area contributed by atoms with Crippen molar-refractivity contribution in [2.45, 2.75) is 45.4 Å². The molecule has 0 aliphatic rings. The Kier molecular flexibility index (Phi) is 57.1. The summed E-state index contributed by atoms with van der Waals surface area (Å²) in [5, 5.41) is 7.00. The molecule has 0 fully saturated rings. The van der Waals surface area contributed by atoms with Gasteiger partial charge in [0.25, 0.3) is 0 Å². The molecule has 3 heteroatoms. The van der Waals surface area contributed by atoms with E-state index in [4.69, 9.17) is 5.11 Å². The van der Waals surface area contributed by atoms with Crippen molar-refractivity contribution in [3.05, 3.63) is 6.92 Å². The summed E-state index contributed by atoms with van der Waals surface area (Å²) in [6.45, 7) is 6.02. The average Bonchev–Trinajstić information content (AvgIpc) is 2.02. The third-order valence-corrected chi connectivity index (χ3v) is 1.35. The molecule has 12 heavy (non-hydrogen) atoms. The molecular formula is C9H22OSTi. The van der Waals surface area contributed by atoms with E-state index in [0.29, 0.717) is 0 Å². The van der Waals surface area contributed by atoms with Gasteiger partial charge in [-0.05, 0) is 0 Å². The Morgan fingerprint density at radius 3 is 1.75 bits per heavy atom. The molecule has 0 atom stereocenters. The van der Waals surface area contributed by atoms with E-state index in [-0.39, 0.29) is 35.2 Å². The van der Waals surface area contributed by atoms with Gasteiger partial charge in [-0.2, -0.15) is 6.42 Å². The van der Waals surface area contributed by atoms with E-state index < -0.39 is 0 Å². The predicted molar refractivity (Wildman–Crippen MR) is 55.6 cm³/mol. The SMILES string of the molecule is CO.[CH2-]CCCCCCC.[SH-].[Ti+2]. The summed E-state index contributed by atoms with van der Waals surface area (Å²) < 4.78 is 0. The first-order valence-corrected chi connectivity index (χ1v) is 4.15. The van der Waals surface area contributed by atoms with Crippen LogP contribution in [0.5, 0.6) is 0 Å². The third kappa shape index (κ3) is 30.5. The number of hydrogen-bond donors (Lipinski definition) is 1. The summed E-state index contributed by atoms with van der Waals surface area (Å²) in [6, 6.07) is 0. The van der Waals surface area contributed by atoms with Gasteiger partial charge in [0.05, 0.1) is 0 Å². The summed E-state index contributed by atoms with van der Waals surface area (Å²) in [6.07, 6.45) is 7.98. The maximum Gasteiger partial charge on any atom is 2.00 e. The van der Waals surface area contributed by atoms with E-state index in [0.717, 1.165) is 13.5 Å². The molecule has 0 aliphatic heterocycles. The van der Waals surface area contributed by atoms with Gasteiger partial charge in [0.15, 0.2) is 0 Å². The summed E-state index contributed by atoms with van der Waals surface area (Å²) in [5.74, 6) is 0. The van der Waals surface area contributed by atoms with Gasteiger partial charge in [0, 0.05) is 7.11 Å². The van der Waals surface area contributed by atoms with Crippen LogP contribution in [0.1, 0.15) is 45.4 Å². The molecule has 0 aromatic carbocycles. The molecule has 0 radical (unpaired) electrons. The molecule has 0 aliphatic carbocycles. The summed E-state index contributed by atoms with van der Waals surface area (Å²) in [4.78, 5) is 0. The molecule has 74 valence electrons. The Morgan fingerprint density at radius 1 is 1.00 bits per heavy atom. The molecule has 1 nitrogen and oxygen atoms in total. The quantitative estimate of drug-likeness (QED) is 0.255. The van der Waals surface area contributed by atoms with Gasteiger partial charge in [-0.3, -0.25) is 0 Å². The van der Waals surface area contributed by atoms with Crippen LogP contribution in [0, 0.1) is 6.92 Å². The normalized spacial score (nSPS) is 7.00. The van der Waals surface area contributed by atoms with Crippen LogP contribution in [0.25, 0.3) is 0 Å². The summed E-state index contributed by atoms with van der Waals surface area (Å²) in [5.41, 5.74) is 0. The molecule has 0 aromatic heterocycles. The topological polar surface area (TPSA) is 20.2 Å². The van der Waals surface area contributed by atoms with E-state index in [1.54, 1.807) is 0 Å². The zero-order chi connectivity index (χ0) is 8.24. The van der Waals surface area contributed by atoms with Crippen molar-refractivity contribution in [2.24, 2.45) is 0 Å². The van der Waals surface area contributed by atoms with Crippen molar-refractivity contribution in [3.63, 3.8) is 0 Å². The van der Waals surface area contributed by atoms with E-state index in [9.17, 15) is 0 Å². The van der Waals surface area contributed by atoms with Crippen molar-refractivity contribution < 1.29 is 26.8 Å². The number of thiol groups is 1. The van der Waals surface area contributed by atoms with E-state index in [1.807, 2.05) is 0 Å². The van der Waals surface area contributed by atoms with Crippen molar-refractivity contribution in [1.82, 2.24) is 0 Å². The molecule has 0 aromatic rings. The van der Waals surface area contributed by atoms with Crippen LogP contribution in [0.15, 0.2) is 0 Å². The van der Waals surface area contributed by atoms with Gasteiger partial charge < -0.3 is 25.5 Å². The van der Waals surface area contributed by atoms with Gasteiger partial charge in [-0.25, -0.2) is 0 Å². The Bertz CT molecular complexity index is 39.5. The number of aliphatic hydroxyl groups excluding tert-OH is 1. The van der Waals surface area contributed by atoms with Crippen LogP contribution < -0.4 is 0 Å². The Hall–Kier alpha value is 1.02. The molecule has 1 N–H and O–H groups in total. The van der Waals surface area contributed by atoms with Crippen molar-refractivity contribution in [3.8, 4) is 0 Å². The molecule has 0 bridgehead atoms. The number of hydrogen-bond acceptors (Lipinski definition) is 2. The fraction of sp³-hybridized carbons (Fsp3) is 0.889. The van der Waals surface area contributed by atoms with Crippen LogP contribution in [0.4, 0.5) is 0 Å². The van der Waals surface area contributed by atoms with Gasteiger partial charge in [-0.1, -0.05) is 39.0 Å². The predicted octanol–water partition coefficient (Wildman–Crippen LogP) is 2.52. The van der Waals surface area contributed by atoms with Crippen LogP contribution in [-0.2, 0) is 35.2 Å². The minimum absolute atomic E-state index is 0. The van der Waals surface area contributed by atoms with Crippen LogP contribution >= 0.6 is 0 Å². The zero-order valence-electron chi connectivity index (χ0n) is 8.34. The zero-order valence-corrected chi connectivity index (χ0v) is 10.8. The maximum absolute atomic E-state index is 7.00. The largest absolute Gasteiger partial charge is 2.00 e. The Labute approximate surface area is 99.7 Å². The standard InChI is InChI=1S/C8H17.CH4O.H2S.Ti/c1-3-5-7-8-6-4-2;1-2;;/h1,3-8H2,2H3;2H,1H3;1H2;/q-1;;;+2/p-1. The van der Waals surface area contributed by atoms with E-state index in [1.165, 1.54) is 32.1 Å². The average molecular weight is 226 g/mol. The van der Waals surface area contributed by atoms with Gasteiger partial charge >= 0.3 is 21.7 Å². The van der Waals surface area contributed by atoms with Gasteiger partial charge in [0.1, 0.15) is 0 Å². The second-order valence-electron chi connectivity index (χ2n) is 2.27. The summed E-state index contributed by atoms with van der Waals surface area (Å²) in [7, 11) is 1.00. The fourth-order valence-corrected chi connectivity index (χ4v) is 0.780. The molecule has 0 amide bonds. The molecule has 0 saturated carbocycles. The summed E-state index contributed by atoms with van der Waals surface area (Å²) >= 11 is 0.